The van der Waals surface area contributed by atoms with Crippen LogP contribution in [0.25, 0.3) is 0 Å². The molecular weight excluding hydrogens is 395 g/mol. The van der Waals surface area contributed by atoms with E-state index >= 15 is 0 Å². The van der Waals surface area contributed by atoms with E-state index in [9.17, 15) is 14.4 Å². The second-order valence-electron chi connectivity index (χ2n) is 5.07. The molecule has 138 valence electrons. The summed E-state index contributed by atoms with van der Waals surface area (Å²) in [4.78, 5) is 39.0. The van der Waals surface area contributed by atoms with Crippen LogP contribution in [0.3, 0.4) is 0 Å². The molecule has 2 amide bonds. The van der Waals surface area contributed by atoms with Gasteiger partial charge in [0.2, 0.25) is 5.91 Å². The van der Waals surface area contributed by atoms with Crippen molar-refractivity contribution in [2.45, 2.75) is 6.42 Å². The van der Waals surface area contributed by atoms with E-state index in [0.717, 1.165) is 0 Å². The Hall–Kier alpha value is -3.15. The van der Waals surface area contributed by atoms with Gasteiger partial charge < -0.3 is 15.4 Å². The lowest BCUT2D eigenvalue weighted by Gasteiger charge is -2.08. The number of aromatic nitrogens is 1. The van der Waals surface area contributed by atoms with Crippen molar-refractivity contribution in [3.63, 3.8) is 0 Å². The Labute approximate surface area is 164 Å². The molecule has 2 aromatic rings. The summed E-state index contributed by atoms with van der Waals surface area (Å²) in [5.74, 6) is -1.71. The number of rotatable bonds is 6. The standard InChI is InChI=1S/C17H12Cl2N4O4/c18-11-7-13(19)16(21-8-11)23-15(25)9-27-17(26)10-1-3-12(4-2-10)22-14(24)5-6-20/h1-4,7-8H,5,9H2,(H,22,24)(H,21,23,25). The van der Waals surface area contributed by atoms with Crippen LogP contribution in [-0.2, 0) is 14.3 Å². The lowest BCUT2D eigenvalue weighted by molar-refractivity contribution is -0.119. The first-order valence-electron chi connectivity index (χ1n) is 7.44. The summed E-state index contributed by atoms with van der Waals surface area (Å²) in [5, 5.41) is 13.8. The second kappa shape index (κ2) is 9.52. The molecule has 0 unspecified atom stereocenters. The Morgan fingerprint density at radius 3 is 2.44 bits per heavy atom. The molecule has 0 aliphatic heterocycles. The van der Waals surface area contributed by atoms with Gasteiger partial charge in [0.05, 0.1) is 21.7 Å². The summed E-state index contributed by atoms with van der Waals surface area (Å²) in [6.45, 7) is -0.542. The number of halogens is 2. The summed E-state index contributed by atoms with van der Waals surface area (Å²) < 4.78 is 4.91. The summed E-state index contributed by atoms with van der Waals surface area (Å²) in [7, 11) is 0. The van der Waals surface area contributed by atoms with Crippen LogP contribution in [-0.4, -0.2) is 29.4 Å². The molecule has 10 heteroatoms. The molecule has 0 spiro atoms. The van der Waals surface area contributed by atoms with Gasteiger partial charge in [-0.25, -0.2) is 9.78 Å². The highest BCUT2D eigenvalue weighted by Gasteiger charge is 2.13. The van der Waals surface area contributed by atoms with Crippen molar-refractivity contribution in [3.8, 4) is 6.07 Å². The number of hydrogen-bond donors (Lipinski definition) is 2. The van der Waals surface area contributed by atoms with Crippen molar-refractivity contribution in [2.24, 2.45) is 0 Å². The van der Waals surface area contributed by atoms with Crippen LogP contribution in [0.2, 0.25) is 10.0 Å². The van der Waals surface area contributed by atoms with E-state index < -0.39 is 24.4 Å². The lowest BCUT2D eigenvalue weighted by atomic mass is 10.2. The molecule has 8 nitrogen and oxygen atoms in total. The van der Waals surface area contributed by atoms with Gasteiger partial charge in [0.25, 0.3) is 5.91 Å². The molecule has 27 heavy (non-hydrogen) atoms. The smallest absolute Gasteiger partial charge is 0.338 e. The molecule has 0 radical (unpaired) electrons. The molecule has 2 N–H and O–H groups in total. The maximum atomic E-state index is 12.0. The van der Waals surface area contributed by atoms with Crippen molar-refractivity contribution < 1.29 is 19.1 Å². The van der Waals surface area contributed by atoms with Crippen molar-refractivity contribution in [1.29, 1.82) is 5.26 Å². The van der Waals surface area contributed by atoms with Crippen LogP contribution in [0.4, 0.5) is 11.5 Å². The van der Waals surface area contributed by atoms with Gasteiger partial charge >= 0.3 is 5.97 Å². The van der Waals surface area contributed by atoms with Crippen LogP contribution >= 0.6 is 23.2 Å². The zero-order valence-corrected chi connectivity index (χ0v) is 15.2. The largest absolute Gasteiger partial charge is 0.452 e. The van der Waals surface area contributed by atoms with E-state index in [1.807, 2.05) is 0 Å². The van der Waals surface area contributed by atoms with Crippen LogP contribution < -0.4 is 10.6 Å². The number of nitrogens with one attached hydrogen (secondary N) is 2. The molecule has 1 aromatic heterocycles. The number of benzene rings is 1. The number of nitriles is 1. The normalized spacial score (nSPS) is 9.81. The number of esters is 1. The van der Waals surface area contributed by atoms with Crippen LogP contribution in [0.1, 0.15) is 16.8 Å². The summed E-state index contributed by atoms with van der Waals surface area (Å²) in [6.07, 6.45) is 1.04. The fraction of sp³-hybridized carbons (Fsp3) is 0.118. The van der Waals surface area contributed by atoms with E-state index in [-0.39, 0.29) is 22.8 Å². The lowest BCUT2D eigenvalue weighted by Crippen LogP contribution is -2.21. The minimum atomic E-state index is -0.727. The first-order valence-corrected chi connectivity index (χ1v) is 8.19. The minimum absolute atomic E-state index is 0.0968. The minimum Gasteiger partial charge on any atom is -0.452 e. The molecule has 0 bridgehead atoms. The number of hydrogen-bond acceptors (Lipinski definition) is 6. The number of ether oxygens (including phenoxy) is 1. The highest BCUT2D eigenvalue weighted by molar-refractivity contribution is 6.36. The van der Waals surface area contributed by atoms with Gasteiger partial charge in [-0.1, -0.05) is 23.2 Å². The molecule has 1 aromatic carbocycles. The number of nitrogens with zero attached hydrogens (tertiary/aromatic N) is 2. The number of pyridine rings is 1. The monoisotopic (exact) mass is 406 g/mol. The highest BCUT2D eigenvalue weighted by atomic mass is 35.5. The molecule has 0 aliphatic rings. The number of carbonyl (C=O) groups excluding carboxylic acids is 3. The average Bonchev–Trinajstić information content (AvgIpc) is 2.63. The summed E-state index contributed by atoms with van der Waals surface area (Å²) in [5.41, 5.74) is 0.608. The maximum Gasteiger partial charge on any atom is 0.338 e. The summed E-state index contributed by atoms with van der Waals surface area (Å²) >= 11 is 11.6. The molecule has 0 saturated carbocycles. The van der Waals surface area contributed by atoms with Gasteiger partial charge in [0.1, 0.15) is 6.42 Å². The van der Waals surface area contributed by atoms with Gasteiger partial charge in [-0.15, -0.1) is 0 Å². The first kappa shape index (κ1) is 20.2. The fourth-order valence-corrected chi connectivity index (χ4v) is 2.28. The Morgan fingerprint density at radius 2 is 1.81 bits per heavy atom. The predicted molar refractivity (Wildman–Crippen MR) is 98.5 cm³/mol. The van der Waals surface area contributed by atoms with Crippen molar-refractivity contribution in [3.05, 3.63) is 52.1 Å². The third-order valence-corrected chi connectivity index (χ3v) is 3.54. The second-order valence-corrected chi connectivity index (χ2v) is 5.91. The van der Waals surface area contributed by atoms with Crippen molar-refractivity contribution >= 4 is 52.5 Å². The van der Waals surface area contributed by atoms with Gasteiger partial charge in [0, 0.05) is 11.9 Å². The predicted octanol–water partition coefficient (Wildman–Crippen LogP) is 3.04. The maximum absolute atomic E-state index is 12.0. The third kappa shape index (κ3) is 6.26. The van der Waals surface area contributed by atoms with E-state index in [2.05, 4.69) is 15.6 Å². The van der Waals surface area contributed by atoms with Gasteiger partial charge in [-0.2, -0.15) is 5.26 Å². The van der Waals surface area contributed by atoms with Crippen molar-refractivity contribution in [2.75, 3.05) is 17.2 Å². The quantitative estimate of drug-likeness (QED) is 0.710. The van der Waals surface area contributed by atoms with E-state index in [1.165, 1.54) is 36.5 Å². The summed E-state index contributed by atoms with van der Waals surface area (Å²) in [6, 6.07) is 8.92. The topological polar surface area (TPSA) is 121 Å². The van der Waals surface area contributed by atoms with E-state index in [0.29, 0.717) is 10.7 Å². The van der Waals surface area contributed by atoms with Crippen LogP contribution in [0, 0.1) is 11.3 Å². The first-order chi connectivity index (χ1) is 12.9. The molecule has 0 fully saturated rings. The fourth-order valence-electron chi connectivity index (χ4n) is 1.86. The number of carbonyl (C=O) groups is 3. The zero-order valence-electron chi connectivity index (χ0n) is 13.7. The number of anilines is 2. The van der Waals surface area contributed by atoms with Crippen LogP contribution in [0.15, 0.2) is 36.5 Å². The molecule has 0 aliphatic carbocycles. The SMILES string of the molecule is N#CCC(=O)Nc1ccc(C(=O)OCC(=O)Nc2ncc(Cl)cc2Cl)cc1. The Kier molecular flexibility index (Phi) is 7.11. The molecule has 0 saturated heterocycles. The Bertz CT molecular complexity index is 910. The third-order valence-electron chi connectivity index (χ3n) is 3.04. The zero-order chi connectivity index (χ0) is 19.8. The van der Waals surface area contributed by atoms with Gasteiger partial charge in [-0.05, 0) is 30.3 Å². The van der Waals surface area contributed by atoms with Gasteiger partial charge in [-0.3, -0.25) is 9.59 Å². The van der Waals surface area contributed by atoms with Crippen LogP contribution in [0.5, 0.6) is 0 Å². The molecule has 1 heterocycles. The van der Waals surface area contributed by atoms with Crippen molar-refractivity contribution in [1.82, 2.24) is 4.98 Å². The van der Waals surface area contributed by atoms with E-state index in [1.54, 1.807) is 6.07 Å². The Balaban J connectivity index is 1.86. The van der Waals surface area contributed by atoms with E-state index in [4.69, 9.17) is 33.2 Å². The molecular formula is C17H12Cl2N4O4. The van der Waals surface area contributed by atoms with Gasteiger partial charge in [0.15, 0.2) is 12.4 Å². The average molecular weight is 407 g/mol. The number of amides is 2. The molecule has 0 atom stereocenters. The Morgan fingerprint density at radius 1 is 1.11 bits per heavy atom. The highest BCUT2D eigenvalue weighted by Crippen LogP contribution is 2.22. The molecule has 2 rings (SSSR count).